The number of methoxy groups -OCH3 is 1. The van der Waals surface area contributed by atoms with E-state index >= 15 is 0 Å². The van der Waals surface area contributed by atoms with Crippen LogP contribution in [0.25, 0.3) is 10.4 Å². The highest BCUT2D eigenvalue weighted by atomic mass is 16.5. The number of hydrogen-bond acceptors (Lipinski definition) is 8. The summed E-state index contributed by atoms with van der Waals surface area (Å²) in [6.45, 7) is 2.75. The first-order valence-corrected chi connectivity index (χ1v) is 13.4. The number of ether oxygens (including phenoxy) is 3. The first-order valence-electron chi connectivity index (χ1n) is 13.4. The van der Waals surface area contributed by atoms with Crippen molar-refractivity contribution < 1.29 is 24.1 Å². The quantitative estimate of drug-likeness (QED) is 0.0877. The summed E-state index contributed by atoms with van der Waals surface area (Å²) >= 11 is 0. The van der Waals surface area contributed by atoms with E-state index in [1.54, 1.807) is 38.3 Å². The highest BCUT2D eigenvalue weighted by Crippen LogP contribution is 2.35. The number of amides is 1. The van der Waals surface area contributed by atoms with Crippen LogP contribution >= 0.6 is 0 Å². The normalized spacial score (nSPS) is 17.6. The van der Waals surface area contributed by atoms with E-state index < -0.39 is 11.6 Å². The molecule has 0 saturated carbocycles. The zero-order valence-corrected chi connectivity index (χ0v) is 23.1. The fourth-order valence-corrected chi connectivity index (χ4v) is 4.53. The van der Waals surface area contributed by atoms with Crippen molar-refractivity contribution in [2.45, 2.75) is 37.8 Å². The Kier molecular flexibility index (Phi) is 10.2. The molecule has 0 bridgehead atoms. The summed E-state index contributed by atoms with van der Waals surface area (Å²) in [5, 5.41) is 12.8. The van der Waals surface area contributed by atoms with Gasteiger partial charge in [-0.15, -0.1) is 0 Å². The van der Waals surface area contributed by atoms with E-state index in [1.807, 2.05) is 48.5 Å². The zero-order valence-electron chi connectivity index (χ0n) is 23.1. The van der Waals surface area contributed by atoms with Gasteiger partial charge in [-0.2, -0.15) is 0 Å². The van der Waals surface area contributed by atoms with Crippen LogP contribution in [-0.4, -0.2) is 55.4 Å². The molecule has 0 aliphatic carbocycles. The van der Waals surface area contributed by atoms with Gasteiger partial charge >= 0.3 is 0 Å². The van der Waals surface area contributed by atoms with Gasteiger partial charge < -0.3 is 19.3 Å². The predicted octanol–water partition coefficient (Wildman–Crippen LogP) is 4.41. The Morgan fingerprint density at radius 3 is 2.71 bits per heavy atom. The van der Waals surface area contributed by atoms with Gasteiger partial charge in [-0.25, -0.2) is 10.4 Å². The maximum atomic E-state index is 13.8. The lowest BCUT2D eigenvalue weighted by Gasteiger charge is -2.28. The Balaban J connectivity index is 1.56. The first-order chi connectivity index (χ1) is 20.0. The number of hydrogen-bond donors (Lipinski definition) is 3. The Labute approximate surface area is 238 Å². The van der Waals surface area contributed by atoms with E-state index in [9.17, 15) is 4.79 Å². The molecule has 3 N–H and O–H groups in total. The molecule has 3 aromatic rings. The van der Waals surface area contributed by atoms with Crippen LogP contribution in [-0.2, 0) is 22.4 Å². The van der Waals surface area contributed by atoms with Gasteiger partial charge in [0.25, 0.3) is 5.91 Å². The maximum Gasteiger partial charge on any atom is 0.266 e. The maximum absolute atomic E-state index is 13.8. The Bertz CT molecular complexity index is 1410. The van der Waals surface area contributed by atoms with Gasteiger partial charge in [-0.3, -0.25) is 10.2 Å². The first kappa shape index (κ1) is 29.4. The van der Waals surface area contributed by atoms with Crippen LogP contribution in [0.3, 0.4) is 0 Å². The van der Waals surface area contributed by atoms with Crippen molar-refractivity contribution in [3.8, 4) is 11.5 Å². The number of rotatable bonds is 14. The average molecular weight is 559 g/mol. The van der Waals surface area contributed by atoms with Gasteiger partial charge in [0.1, 0.15) is 17.6 Å². The number of benzene rings is 3. The zero-order chi connectivity index (χ0) is 29.1. The highest BCUT2D eigenvalue weighted by molar-refractivity contribution is 6.00. The second-order valence-electron chi connectivity index (χ2n) is 9.53. The lowest BCUT2D eigenvalue weighted by atomic mass is 9.85. The van der Waals surface area contributed by atoms with Crippen molar-refractivity contribution in [1.29, 1.82) is 0 Å². The molecule has 2 atom stereocenters. The lowest BCUT2D eigenvalue weighted by molar-refractivity contribution is -0.129. The monoisotopic (exact) mass is 558 g/mol. The Morgan fingerprint density at radius 1 is 1.15 bits per heavy atom. The fraction of sp³-hybridized carbons (Fsp3) is 0.333. The third-order valence-corrected chi connectivity index (χ3v) is 6.81. The molecule has 1 aliphatic rings. The molecule has 4 rings (SSSR count). The number of hydrazine groups is 1. The largest absolute Gasteiger partial charge is 0.497 e. The third-order valence-electron chi connectivity index (χ3n) is 6.81. The van der Waals surface area contributed by atoms with Crippen LogP contribution in [0.15, 0.2) is 82.9 Å². The summed E-state index contributed by atoms with van der Waals surface area (Å²) in [5.41, 5.74) is 16.4. The fourth-order valence-electron chi connectivity index (χ4n) is 4.53. The summed E-state index contributed by atoms with van der Waals surface area (Å²) in [7, 11) is 1.62. The van der Waals surface area contributed by atoms with Gasteiger partial charge in [-0.05, 0) is 66.4 Å². The van der Waals surface area contributed by atoms with Crippen LogP contribution in [0.4, 0.5) is 5.69 Å². The van der Waals surface area contributed by atoms with Crippen molar-refractivity contribution in [2.75, 3.05) is 26.9 Å². The van der Waals surface area contributed by atoms with Gasteiger partial charge in [0.15, 0.2) is 5.54 Å². The molecule has 1 aliphatic heterocycles. The number of nitrogens with zero attached hydrogens (tertiary/aromatic N) is 4. The topological polar surface area (TPSA) is 150 Å². The molecule has 0 spiro atoms. The number of aliphatic hydroxyl groups is 1. The van der Waals surface area contributed by atoms with Gasteiger partial charge in [-0.1, -0.05) is 41.5 Å². The number of azide groups is 1. The molecule has 214 valence electrons. The van der Waals surface area contributed by atoms with Gasteiger partial charge in [0.2, 0.25) is 5.90 Å². The van der Waals surface area contributed by atoms with E-state index in [-0.39, 0.29) is 18.9 Å². The van der Waals surface area contributed by atoms with Crippen LogP contribution in [0, 0.1) is 0 Å². The molecule has 3 aromatic carbocycles. The van der Waals surface area contributed by atoms with E-state index in [4.69, 9.17) is 29.8 Å². The van der Waals surface area contributed by atoms with Crippen LogP contribution in [0.5, 0.6) is 11.5 Å². The summed E-state index contributed by atoms with van der Waals surface area (Å²) in [5.74, 6) is 1.38. The lowest BCUT2D eigenvalue weighted by Crippen LogP contribution is -2.56. The molecule has 1 amide bonds. The SMILES string of the molecule is COc1cccc(CCNNC(=O)[C@@]2(Cc3ccccc3N=[N+]=[N-])N=C(c3ccc(OCCCO)cc3)O[C@H]2C)c1. The number of carbonyl (C=O) groups excluding carboxylic acids is 1. The molecular formula is C30H34N6O5. The Hall–Kier alpha value is -4.57. The molecule has 0 aromatic heterocycles. The third kappa shape index (κ3) is 7.34. The van der Waals surface area contributed by atoms with Crippen LogP contribution < -0.4 is 20.3 Å². The predicted molar refractivity (Wildman–Crippen MR) is 155 cm³/mol. The van der Waals surface area contributed by atoms with E-state index in [2.05, 4.69) is 20.9 Å². The smallest absolute Gasteiger partial charge is 0.266 e. The van der Waals surface area contributed by atoms with Crippen molar-refractivity contribution in [3.05, 3.63) is 99.9 Å². The van der Waals surface area contributed by atoms with E-state index in [0.29, 0.717) is 54.5 Å². The minimum absolute atomic E-state index is 0.0590. The van der Waals surface area contributed by atoms with Gasteiger partial charge in [0, 0.05) is 42.2 Å². The number of nitrogens with one attached hydrogen (secondary N) is 2. The second kappa shape index (κ2) is 14.2. The molecule has 41 heavy (non-hydrogen) atoms. The minimum Gasteiger partial charge on any atom is -0.497 e. The number of carbonyl (C=O) groups is 1. The summed E-state index contributed by atoms with van der Waals surface area (Å²) in [6.07, 6.45) is 0.727. The van der Waals surface area contributed by atoms with Crippen molar-refractivity contribution in [1.82, 2.24) is 10.9 Å². The molecule has 11 heteroatoms. The number of aliphatic imine (C=N–C) groups is 1. The van der Waals surface area contributed by atoms with Crippen LogP contribution in [0.2, 0.25) is 0 Å². The molecule has 0 radical (unpaired) electrons. The summed E-state index contributed by atoms with van der Waals surface area (Å²) < 4.78 is 17.1. The summed E-state index contributed by atoms with van der Waals surface area (Å²) in [4.78, 5) is 21.6. The standard InChI is InChI=1S/C30H34N6O5/c1-21-30(20-24-8-3-4-10-27(24)34-36-31,29(38)35-32-16-15-22-7-5-9-26(19-22)39-2)33-28(41-21)23-11-13-25(14-12-23)40-18-6-17-37/h3-5,7-14,19,21,32,37H,6,15-18,20H2,1-2H3,(H,35,38)/t21-,30-/m0/s1. The van der Waals surface area contributed by atoms with Gasteiger partial charge in [0.05, 0.1) is 13.7 Å². The van der Waals surface area contributed by atoms with E-state index in [0.717, 1.165) is 11.3 Å². The summed E-state index contributed by atoms with van der Waals surface area (Å²) in [6, 6.07) is 22.1. The van der Waals surface area contributed by atoms with Crippen molar-refractivity contribution in [3.63, 3.8) is 0 Å². The minimum atomic E-state index is -1.34. The number of aliphatic hydroxyl groups excluding tert-OH is 1. The molecule has 0 unspecified atom stereocenters. The molecule has 0 fully saturated rings. The average Bonchev–Trinajstić information content (AvgIpc) is 3.33. The molecule has 11 nitrogen and oxygen atoms in total. The molecule has 0 saturated heterocycles. The van der Waals surface area contributed by atoms with Crippen LogP contribution in [0.1, 0.15) is 30.0 Å². The van der Waals surface area contributed by atoms with Crippen molar-refractivity contribution in [2.24, 2.45) is 10.1 Å². The second-order valence-corrected chi connectivity index (χ2v) is 9.53. The highest BCUT2D eigenvalue weighted by Gasteiger charge is 2.50. The van der Waals surface area contributed by atoms with Crippen molar-refractivity contribution >= 4 is 17.5 Å². The van der Waals surface area contributed by atoms with E-state index in [1.165, 1.54) is 0 Å². The Morgan fingerprint density at radius 2 is 1.95 bits per heavy atom. The molecule has 1 heterocycles. The molecular weight excluding hydrogens is 524 g/mol.